The maximum absolute atomic E-state index is 11.9. The molecule has 0 saturated heterocycles. The average molecular weight is 319 g/mol. The highest BCUT2D eigenvalue weighted by molar-refractivity contribution is 6.11. The lowest BCUT2D eigenvalue weighted by Gasteiger charge is -2.15. The van der Waals surface area contributed by atoms with Gasteiger partial charge in [0.1, 0.15) is 5.84 Å². The van der Waals surface area contributed by atoms with Gasteiger partial charge in [-0.2, -0.15) is 0 Å². The quantitative estimate of drug-likeness (QED) is 0.437. The van der Waals surface area contributed by atoms with Crippen molar-refractivity contribution in [2.24, 2.45) is 11.5 Å². The number of hydrogen-bond acceptors (Lipinski definition) is 3. The van der Waals surface area contributed by atoms with Crippen molar-refractivity contribution < 1.29 is 9.90 Å². The maximum Gasteiger partial charge on any atom is 0.337 e. The third-order valence-corrected chi connectivity index (χ3v) is 4.02. The molecule has 0 radical (unpaired) electrons. The molecule has 0 heterocycles. The lowest BCUT2D eigenvalue weighted by Crippen LogP contribution is -2.18. The Labute approximate surface area is 139 Å². The Morgan fingerprint density at radius 2 is 1.75 bits per heavy atom. The van der Waals surface area contributed by atoms with Crippen LogP contribution >= 0.6 is 0 Å². The summed E-state index contributed by atoms with van der Waals surface area (Å²) in [6.45, 7) is 0.234. The molecular formula is C19H17N3O2. The fraction of sp³-hybridized carbons (Fsp3) is 0.0526. The zero-order chi connectivity index (χ0) is 17.3. The van der Waals surface area contributed by atoms with Crippen LogP contribution in [0.1, 0.15) is 21.5 Å². The first-order valence-corrected chi connectivity index (χ1v) is 7.45. The zero-order valence-corrected chi connectivity index (χ0v) is 12.9. The van der Waals surface area contributed by atoms with E-state index >= 15 is 0 Å². The van der Waals surface area contributed by atoms with Crippen molar-refractivity contribution in [3.63, 3.8) is 0 Å². The zero-order valence-electron chi connectivity index (χ0n) is 12.9. The summed E-state index contributed by atoms with van der Waals surface area (Å²) >= 11 is 0. The third kappa shape index (κ3) is 2.61. The van der Waals surface area contributed by atoms with Crippen molar-refractivity contribution in [1.82, 2.24) is 0 Å². The van der Waals surface area contributed by atoms with Gasteiger partial charge < -0.3 is 16.6 Å². The van der Waals surface area contributed by atoms with Crippen molar-refractivity contribution in [2.75, 3.05) is 0 Å². The molecule has 3 aromatic carbocycles. The second-order valence-corrected chi connectivity index (χ2v) is 5.52. The molecule has 120 valence electrons. The van der Waals surface area contributed by atoms with Crippen molar-refractivity contribution in [3.8, 4) is 11.1 Å². The second kappa shape index (κ2) is 6.14. The van der Waals surface area contributed by atoms with Gasteiger partial charge >= 0.3 is 5.97 Å². The molecule has 0 aliphatic rings. The van der Waals surface area contributed by atoms with E-state index in [-0.39, 0.29) is 23.5 Å². The van der Waals surface area contributed by atoms with Gasteiger partial charge in [-0.15, -0.1) is 0 Å². The van der Waals surface area contributed by atoms with Crippen LogP contribution in [0.25, 0.3) is 21.9 Å². The lowest BCUT2D eigenvalue weighted by atomic mass is 9.89. The van der Waals surface area contributed by atoms with Gasteiger partial charge in [0.25, 0.3) is 0 Å². The van der Waals surface area contributed by atoms with Gasteiger partial charge in [-0.25, -0.2) is 4.79 Å². The molecule has 0 aromatic heterocycles. The number of carbonyl (C=O) groups is 1. The molecule has 0 bridgehead atoms. The summed E-state index contributed by atoms with van der Waals surface area (Å²) < 4.78 is 0. The molecule has 0 amide bonds. The molecule has 3 aromatic rings. The van der Waals surface area contributed by atoms with Gasteiger partial charge in [0.15, 0.2) is 0 Å². The van der Waals surface area contributed by atoms with Gasteiger partial charge in [-0.3, -0.25) is 5.41 Å². The predicted molar refractivity (Wildman–Crippen MR) is 95.3 cm³/mol. The van der Waals surface area contributed by atoms with Crippen LogP contribution in [-0.2, 0) is 6.54 Å². The number of benzene rings is 3. The first-order valence-electron chi connectivity index (χ1n) is 7.45. The van der Waals surface area contributed by atoms with E-state index in [9.17, 15) is 9.90 Å². The van der Waals surface area contributed by atoms with Crippen LogP contribution in [-0.4, -0.2) is 16.9 Å². The van der Waals surface area contributed by atoms with Crippen molar-refractivity contribution in [1.29, 1.82) is 5.41 Å². The number of nitrogens with two attached hydrogens (primary N) is 2. The van der Waals surface area contributed by atoms with Crippen molar-refractivity contribution >= 4 is 22.6 Å². The Hall–Kier alpha value is -3.18. The van der Waals surface area contributed by atoms with Gasteiger partial charge in [0.05, 0.1) is 5.56 Å². The highest BCUT2D eigenvalue weighted by Gasteiger charge is 2.21. The SMILES string of the molecule is N=C(N)c1cc(CN)cc(-c2cccc3ccccc23)c1C(=O)O. The molecule has 0 aliphatic heterocycles. The van der Waals surface area contributed by atoms with Crippen LogP contribution in [0.15, 0.2) is 54.6 Å². The van der Waals surface area contributed by atoms with E-state index in [1.165, 1.54) is 0 Å². The highest BCUT2D eigenvalue weighted by atomic mass is 16.4. The molecule has 24 heavy (non-hydrogen) atoms. The van der Waals surface area contributed by atoms with Gasteiger partial charge in [0, 0.05) is 12.1 Å². The van der Waals surface area contributed by atoms with Crippen molar-refractivity contribution in [2.45, 2.75) is 6.54 Å². The minimum atomic E-state index is -1.12. The summed E-state index contributed by atoms with van der Waals surface area (Å²) in [6.07, 6.45) is 0. The molecule has 0 spiro atoms. The number of fused-ring (bicyclic) bond motifs is 1. The number of carboxylic acid groups (broad SMARTS) is 1. The van der Waals surface area contributed by atoms with E-state index in [2.05, 4.69) is 0 Å². The van der Waals surface area contributed by atoms with Crippen LogP contribution < -0.4 is 11.5 Å². The fourth-order valence-electron chi connectivity index (χ4n) is 2.94. The van der Waals surface area contributed by atoms with E-state index in [1.807, 2.05) is 42.5 Å². The Balaban J connectivity index is 2.43. The molecule has 0 fully saturated rings. The van der Waals surface area contributed by atoms with Crippen LogP contribution in [0.4, 0.5) is 0 Å². The third-order valence-electron chi connectivity index (χ3n) is 4.02. The van der Waals surface area contributed by atoms with Crippen molar-refractivity contribution in [3.05, 3.63) is 71.3 Å². The molecule has 0 aliphatic carbocycles. The predicted octanol–water partition coefficient (Wildman–Crippen LogP) is 2.95. The first-order chi connectivity index (χ1) is 11.5. The summed E-state index contributed by atoms with van der Waals surface area (Å²) in [5.41, 5.74) is 13.6. The molecule has 0 atom stereocenters. The largest absolute Gasteiger partial charge is 0.478 e. The Morgan fingerprint density at radius 1 is 1.04 bits per heavy atom. The maximum atomic E-state index is 11.9. The number of nitrogen functional groups attached to an aromatic ring is 1. The molecular weight excluding hydrogens is 302 g/mol. The van der Waals surface area contributed by atoms with E-state index < -0.39 is 5.97 Å². The van der Waals surface area contributed by atoms with Crippen LogP contribution in [0, 0.1) is 5.41 Å². The molecule has 6 N–H and O–H groups in total. The van der Waals surface area contributed by atoms with E-state index in [1.54, 1.807) is 12.1 Å². The monoisotopic (exact) mass is 319 g/mol. The molecule has 3 rings (SSSR count). The lowest BCUT2D eigenvalue weighted by molar-refractivity contribution is 0.0697. The summed E-state index contributed by atoms with van der Waals surface area (Å²) in [4.78, 5) is 11.9. The van der Waals surface area contributed by atoms with Gasteiger partial charge in [-0.05, 0) is 39.6 Å². The topological polar surface area (TPSA) is 113 Å². The standard InChI is InChI=1S/C19H17N3O2/c20-10-11-8-15(17(19(23)24)16(9-11)18(21)22)14-7-3-5-12-4-1-2-6-13(12)14/h1-9H,10,20H2,(H3,21,22)(H,23,24). The second-order valence-electron chi connectivity index (χ2n) is 5.52. The minimum Gasteiger partial charge on any atom is -0.478 e. The number of aromatic carboxylic acids is 1. The number of rotatable bonds is 4. The molecule has 0 saturated carbocycles. The van der Waals surface area contributed by atoms with Gasteiger partial charge in [0.2, 0.25) is 0 Å². The molecule has 0 unspecified atom stereocenters. The molecule has 5 heteroatoms. The fourth-order valence-corrected chi connectivity index (χ4v) is 2.94. The van der Waals surface area contributed by atoms with E-state index in [4.69, 9.17) is 16.9 Å². The number of hydrogen-bond donors (Lipinski definition) is 4. The Morgan fingerprint density at radius 3 is 2.42 bits per heavy atom. The summed E-state index contributed by atoms with van der Waals surface area (Å²) in [5.74, 6) is -1.41. The number of amidine groups is 1. The molecule has 5 nitrogen and oxygen atoms in total. The normalized spacial score (nSPS) is 10.7. The Bertz CT molecular complexity index is 959. The van der Waals surface area contributed by atoms with Crippen LogP contribution in [0.3, 0.4) is 0 Å². The highest BCUT2D eigenvalue weighted by Crippen LogP contribution is 2.33. The van der Waals surface area contributed by atoms with Crippen LogP contribution in [0.5, 0.6) is 0 Å². The smallest absolute Gasteiger partial charge is 0.337 e. The number of nitrogens with one attached hydrogen (secondary N) is 1. The number of carboxylic acids is 1. The van der Waals surface area contributed by atoms with E-state index in [0.29, 0.717) is 5.56 Å². The van der Waals surface area contributed by atoms with Crippen LogP contribution in [0.2, 0.25) is 0 Å². The van der Waals surface area contributed by atoms with E-state index in [0.717, 1.165) is 21.9 Å². The first kappa shape index (κ1) is 15.7. The summed E-state index contributed by atoms with van der Waals surface area (Å²) in [7, 11) is 0. The minimum absolute atomic E-state index is 0.0241. The summed E-state index contributed by atoms with van der Waals surface area (Å²) in [5, 5.41) is 19.4. The Kier molecular flexibility index (Phi) is 4.02. The van der Waals surface area contributed by atoms with Gasteiger partial charge in [-0.1, -0.05) is 42.5 Å². The summed E-state index contributed by atoms with van der Waals surface area (Å²) in [6, 6.07) is 16.8. The average Bonchev–Trinajstić information content (AvgIpc) is 2.59.